The molecule has 3 rings (SSSR count). The molecule has 0 spiro atoms. The molecule has 0 radical (unpaired) electrons. The topological polar surface area (TPSA) is 63.1 Å². The SMILES string of the molecule is Cc1[nH]c(=O)c(C(=O)/C=C/c2ccco2)c2c1CCCC2. The summed E-state index contributed by atoms with van der Waals surface area (Å²) in [5.41, 5.74) is 2.95. The average molecular weight is 283 g/mol. The minimum atomic E-state index is -0.290. The van der Waals surface area contributed by atoms with Crippen LogP contribution in [0.15, 0.2) is 33.7 Å². The molecule has 0 amide bonds. The Labute approximate surface area is 122 Å². The highest BCUT2D eigenvalue weighted by atomic mass is 16.3. The molecule has 0 aliphatic heterocycles. The minimum absolute atomic E-state index is 0.259. The second-order valence-electron chi connectivity index (χ2n) is 5.33. The first-order valence-electron chi connectivity index (χ1n) is 7.17. The van der Waals surface area contributed by atoms with Gasteiger partial charge in [-0.15, -0.1) is 0 Å². The number of carbonyl (C=O) groups is 1. The summed E-state index contributed by atoms with van der Waals surface area (Å²) in [7, 11) is 0. The van der Waals surface area contributed by atoms with E-state index in [2.05, 4.69) is 4.98 Å². The second kappa shape index (κ2) is 5.56. The molecule has 4 nitrogen and oxygen atoms in total. The third kappa shape index (κ3) is 2.61. The number of nitrogens with one attached hydrogen (secondary N) is 1. The van der Waals surface area contributed by atoms with Crippen LogP contribution in [0.3, 0.4) is 0 Å². The molecule has 0 saturated carbocycles. The number of carbonyl (C=O) groups excluding carboxylic acids is 1. The van der Waals surface area contributed by atoms with E-state index in [1.165, 1.54) is 6.08 Å². The summed E-state index contributed by atoms with van der Waals surface area (Å²) in [6.45, 7) is 1.90. The Kier molecular flexibility index (Phi) is 3.60. The molecule has 0 saturated heterocycles. The number of hydrogen-bond donors (Lipinski definition) is 1. The summed E-state index contributed by atoms with van der Waals surface area (Å²) < 4.78 is 5.16. The van der Waals surface area contributed by atoms with Crippen molar-refractivity contribution in [2.45, 2.75) is 32.6 Å². The summed E-state index contributed by atoms with van der Waals surface area (Å²) >= 11 is 0. The molecule has 0 atom stereocenters. The molecule has 1 aliphatic rings. The fraction of sp³-hybridized carbons (Fsp3) is 0.294. The van der Waals surface area contributed by atoms with E-state index in [4.69, 9.17) is 4.42 Å². The number of pyridine rings is 1. The van der Waals surface area contributed by atoms with Gasteiger partial charge >= 0.3 is 0 Å². The van der Waals surface area contributed by atoms with Crippen LogP contribution < -0.4 is 5.56 Å². The predicted molar refractivity (Wildman–Crippen MR) is 80.5 cm³/mol. The van der Waals surface area contributed by atoms with Crippen LogP contribution in [-0.2, 0) is 12.8 Å². The van der Waals surface area contributed by atoms with Gasteiger partial charge < -0.3 is 9.40 Å². The Hall–Kier alpha value is -2.36. The van der Waals surface area contributed by atoms with E-state index in [-0.39, 0.29) is 16.9 Å². The molecule has 2 aromatic heterocycles. The molecule has 0 bridgehead atoms. The Morgan fingerprint density at radius 1 is 1.29 bits per heavy atom. The number of furan rings is 1. The van der Waals surface area contributed by atoms with Crippen molar-refractivity contribution >= 4 is 11.9 Å². The van der Waals surface area contributed by atoms with E-state index < -0.39 is 0 Å². The van der Waals surface area contributed by atoms with Gasteiger partial charge in [-0.05, 0) is 68.0 Å². The fourth-order valence-electron chi connectivity index (χ4n) is 2.93. The van der Waals surface area contributed by atoms with Gasteiger partial charge in [0, 0.05) is 5.69 Å². The zero-order valence-electron chi connectivity index (χ0n) is 11.9. The molecule has 0 unspecified atom stereocenters. The van der Waals surface area contributed by atoms with Crippen molar-refractivity contribution in [1.29, 1.82) is 0 Å². The standard InChI is InChI=1S/C17H17NO3/c1-11-13-6-2-3-7-14(13)16(17(20)18-11)15(19)9-8-12-5-4-10-21-12/h4-5,8-10H,2-3,6-7H2,1H3,(H,18,20)/b9-8+. The molecule has 2 aromatic rings. The summed E-state index contributed by atoms with van der Waals surface area (Å²) in [5.74, 6) is 0.339. The van der Waals surface area contributed by atoms with Gasteiger partial charge in [0.25, 0.3) is 5.56 Å². The summed E-state index contributed by atoms with van der Waals surface area (Å²) in [6.07, 6.45) is 8.42. The summed E-state index contributed by atoms with van der Waals surface area (Å²) in [4.78, 5) is 27.4. The molecule has 2 heterocycles. The normalized spacial score (nSPS) is 14.3. The van der Waals surface area contributed by atoms with Gasteiger partial charge in [0.2, 0.25) is 0 Å². The maximum absolute atomic E-state index is 12.4. The maximum atomic E-state index is 12.4. The van der Waals surface area contributed by atoms with Crippen molar-refractivity contribution in [3.63, 3.8) is 0 Å². The number of hydrogen-bond acceptors (Lipinski definition) is 3. The Morgan fingerprint density at radius 3 is 2.76 bits per heavy atom. The van der Waals surface area contributed by atoms with Gasteiger partial charge in [-0.2, -0.15) is 0 Å². The van der Waals surface area contributed by atoms with E-state index >= 15 is 0 Å². The smallest absolute Gasteiger partial charge is 0.259 e. The van der Waals surface area contributed by atoms with Crippen LogP contribution in [0.1, 0.15) is 45.8 Å². The van der Waals surface area contributed by atoms with E-state index in [1.54, 1.807) is 24.5 Å². The van der Waals surface area contributed by atoms with Crippen molar-refractivity contribution in [1.82, 2.24) is 4.98 Å². The van der Waals surface area contributed by atoms with Crippen LogP contribution >= 0.6 is 0 Å². The van der Waals surface area contributed by atoms with Crippen LogP contribution in [-0.4, -0.2) is 10.8 Å². The highest BCUT2D eigenvalue weighted by Crippen LogP contribution is 2.24. The molecule has 4 heteroatoms. The second-order valence-corrected chi connectivity index (χ2v) is 5.33. The Morgan fingerprint density at radius 2 is 2.05 bits per heavy atom. The van der Waals surface area contributed by atoms with Gasteiger partial charge in [-0.3, -0.25) is 9.59 Å². The lowest BCUT2D eigenvalue weighted by atomic mass is 9.87. The van der Waals surface area contributed by atoms with Gasteiger partial charge in [-0.25, -0.2) is 0 Å². The predicted octanol–water partition coefficient (Wildman–Crippen LogP) is 3.05. The summed E-state index contributed by atoms with van der Waals surface area (Å²) in [6, 6.07) is 3.52. The molecular weight excluding hydrogens is 266 g/mol. The van der Waals surface area contributed by atoms with Crippen molar-refractivity contribution in [3.8, 4) is 0 Å². The number of ketones is 1. The first-order chi connectivity index (χ1) is 10.2. The number of aryl methyl sites for hydroxylation is 1. The van der Waals surface area contributed by atoms with E-state index in [9.17, 15) is 9.59 Å². The number of fused-ring (bicyclic) bond motifs is 1. The van der Waals surface area contributed by atoms with Crippen LogP contribution in [0.25, 0.3) is 6.08 Å². The van der Waals surface area contributed by atoms with Crippen LogP contribution in [0.4, 0.5) is 0 Å². The monoisotopic (exact) mass is 283 g/mol. The molecule has 0 fully saturated rings. The molecule has 0 aromatic carbocycles. The first kappa shape index (κ1) is 13.6. The zero-order valence-corrected chi connectivity index (χ0v) is 11.9. The Balaban J connectivity index is 2.02. The van der Waals surface area contributed by atoms with Crippen molar-refractivity contribution < 1.29 is 9.21 Å². The largest absolute Gasteiger partial charge is 0.465 e. The van der Waals surface area contributed by atoms with E-state index in [0.717, 1.165) is 42.5 Å². The van der Waals surface area contributed by atoms with E-state index in [0.29, 0.717) is 5.76 Å². The number of aromatic amines is 1. The molecular formula is C17H17NO3. The number of H-pyrrole nitrogens is 1. The van der Waals surface area contributed by atoms with Crippen molar-refractivity contribution in [3.05, 3.63) is 63.0 Å². The maximum Gasteiger partial charge on any atom is 0.259 e. The lowest BCUT2D eigenvalue weighted by Crippen LogP contribution is -2.24. The highest BCUT2D eigenvalue weighted by molar-refractivity contribution is 6.07. The minimum Gasteiger partial charge on any atom is -0.465 e. The van der Waals surface area contributed by atoms with Gasteiger partial charge in [-0.1, -0.05) is 0 Å². The number of aromatic nitrogens is 1. The highest BCUT2D eigenvalue weighted by Gasteiger charge is 2.21. The molecule has 1 aliphatic carbocycles. The van der Waals surface area contributed by atoms with Gasteiger partial charge in [0.1, 0.15) is 5.76 Å². The number of allylic oxidation sites excluding steroid dienone is 1. The zero-order chi connectivity index (χ0) is 14.8. The first-order valence-corrected chi connectivity index (χ1v) is 7.17. The molecule has 21 heavy (non-hydrogen) atoms. The van der Waals surface area contributed by atoms with Crippen molar-refractivity contribution in [2.24, 2.45) is 0 Å². The third-order valence-electron chi connectivity index (χ3n) is 3.94. The fourth-order valence-corrected chi connectivity index (χ4v) is 2.93. The molecule has 1 N–H and O–H groups in total. The van der Waals surface area contributed by atoms with Crippen LogP contribution in [0, 0.1) is 6.92 Å². The average Bonchev–Trinajstić information content (AvgIpc) is 2.98. The quantitative estimate of drug-likeness (QED) is 0.695. The number of rotatable bonds is 3. The van der Waals surface area contributed by atoms with Crippen LogP contribution in [0.5, 0.6) is 0 Å². The van der Waals surface area contributed by atoms with Crippen LogP contribution in [0.2, 0.25) is 0 Å². The van der Waals surface area contributed by atoms with Gasteiger partial charge in [0.15, 0.2) is 5.78 Å². The lowest BCUT2D eigenvalue weighted by Gasteiger charge is -2.19. The van der Waals surface area contributed by atoms with E-state index in [1.807, 2.05) is 6.92 Å². The van der Waals surface area contributed by atoms with Crippen molar-refractivity contribution in [2.75, 3.05) is 0 Å². The lowest BCUT2D eigenvalue weighted by molar-refractivity contribution is 0.104. The van der Waals surface area contributed by atoms with Gasteiger partial charge in [0.05, 0.1) is 11.8 Å². The third-order valence-corrected chi connectivity index (χ3v) is 3.94. The Bertz CT molecular complexity index is 751. The molecule has 108 valence electrons. The summed E-state index contributed by atoms with van der Waals surface area (Å²) in [5, 5.41) is 0.